The molecule has 0 heterocycles. The van der Waals surface area contributed by atoms with E-state index in [1.54, 1.807) is 4.90 Å². The fraction of sp³-hybridized carbons (Fsp3) is 0.857. The van der Waals surface area contributed by atoms with Gasteiger partial charge in [-0.25, -0.2) is 0 Å². The first kappa shape index (κ1) is 15.0. The number of aliphatic carboxylic acids is 1. The molecule has 1 N–H and O–H groups in total. The van der Waals surface area contributed by atoms with Crippen LogP contribution in [0.3, 0.4) is 0 Å². The number of hydrogen-bond donors (Lipinski definition) is 1. The van der Waals surface area contributed by atoms with Crippen LogP contribution in [-0.4, -0.2) is 35.5 Å². The third-order valence-electron chi connectivity index (χ3n) is 3.73. The zero-order valence-electron chi connectivity index (χ0n) is 11.5. The second kappa shape index (κ2) is 7.39. The summed E-state index contributed by atoms with van der Waals surface area (Å²) in [6, 6.07) is 0. The van der Waals surface area contributed by atoms with Crippen LogP contribution < -0.4 is 0 Å². The van der Waals surface area contributed by atoms with Crippen LogP contribution >= 0.6 is 0 Å². The maximum absolute atomic E-state index is 11.9. The molecule has 1 saturated carbocycles. The second-order valence-corrected chi connectivity index (χ2v) is 5.69. The van der Waals surface area contributed by atoms with E-state index < -0.39 is 5.97 Å². The van der Waals surface area contributed by atoms with Gasteiger partial charge in [-0.3, -0.25) is 9.59 Å². The van der Waals surface area contributed by atoms with Gasteiger partial charge in [0.2, 0.25) is 5.91 Å². The van der Waals surface area contributed by atoms with Gasteiger partial charge in [0.15, 0.2) is 0 Å². The Morgan fingerprint density at radius 2 is 1.83 bits per heavy atom. The van der Waals surface area contributed by atoms with Crippen LogP contribution in [0.25, 0.3) is 0 Å². The number of carboxylic acid groups (broad SMARTS) is 1. The Morgan fingerprint density at radius 1 is 1.22 bits per heavy atom. The van der Waals surface area contributed by atoms with E-state index in [0.717, 1.165) is 6.54 Å². The summed E-state index contributed by atoms with van der Waals surface area (Å²) in [6.07, 6.45) is 6.75. The molecule has 0 aliphatic heterocycles. The second-order valence-electron chi connectivity index (χ2n) is 5.69. The van der Waals surface area contributed by atoms with E-state index in [9.17, 15) is 9.59 Å². The minimum absolute atomic E-state index is 0.0724. The molecule has 1 amide bonds. The molecule has 0 aromatic rings. The summed E-state index contributed by atoms with van der Waals surface area (Å²) < 4.78 is 0. The molecule has 1 rings (SSSR count). The van der Waals surface area contributed by atoms with E-state index in [1.165, 1.54) is 32.1 Å². The lowest BCUT2D eigenvalue weighted by atomic mass is 9.89. The zero-order valence-corrected chi connectivity index (χ0v) is 11.5. The van der Waals surface area contributed by atoms with E-state index in [2.05, 4.69) is 0 Å². The van der Waals surface area contributed by atoms with Crippen molar-refractivity contribution in [1.29, 1.82) is 0 Å². The maximum atomic E-state index is 11.9. The number of carbonyl (C=O) groups is 2. The normalized spacial score (nSPS) is 18.3. The van der Waals surface area contributed by atoms with Gasteiger partial charge in [-0.15, -0.1) is 0 Å². The quantitative estimate of drug-likeness (QED) is 0.793. The molecule has 0 radical (unpaired) electrons. The Balaban J connectivity index is 2.29. The van der Waals surface area contributed by atoms with Gasteiger partial charge >= 0.3 is 5.97 Å². The molecule has 0 aromatic carbocycles. The van der Waals surface area contributed by atoms with Crippen molar-refractivity contribution in [3.63, 3.8) is 0 Å². The van der Waals surface area contributed by atoms with Crippen LogP contribution in [0.1, 0.15) is 51.9 Å². The maximum Gasteiger partial charge on any atom is 0.303 e. The number of amides is 1. The summed E-state index contributed by atoms with van der Waals surface area (Å²) >= 11 is 0. The smallest absolute Gasteiger partial charge is 0.303 e. The summed E-state index contributed by atoms with van der Waals surface area (Å²) in [6.45, 7) is 2.65. The monoisotopic (exact) mass is 255 g/mol. The third kappa shape index (κ3) is 5.52. The SMILES string of the molecule is CC(CC(=O)O)CC(=O)N(C)CC1CCCCC1. The van der Waals surface area contributed by atoms with Gasteiger partial charge < -0.3 is 10.0 Å². The first-order valence-electron chi connectivity index (χ1n) is 6.94. The molecule has 4 nitrogen and oxygen atoms in total. The molecule has 1 aliphatic rings. The standard InChI is InChI=1S/C14H25NO3/c1-11(9-14(17)18)8-13(16)15(2)10-12-6-4-3-5-7-12/h11-12H,3-10H2,1-2H3,(H,17,18). The van der Waals surface area contributed by atoms with Crippen molar-refractivity contribution in [3.05, 3.63) is 0 Å². The van der Waals surface area contributed by atoms with Crippen molar-refractivity contribution in [2.75, 3.05) is 13.6 Å². The summed E-state index contributed by atoms with van der Waals surface area (Å²) in [5, 5.41) is 8.67. The van der Waals surface area contributed by atoms with Crippen LogP contribution in [0.4, 0.5) is 0 Å². The van der Waals surface area contributed by atoms with E-state index >= 15 is 0 Å². The molecular weight excluding hydrogens is 230 g/mol. The average molecular weight is 255 g/mol. The number of carboxylic acids is 1. The summed E-state index contributed by atoms with van der Waals surface area (Å²) in [7, 11) is 1.84. The average Bonchev–Trinajstić information content (AvgIpc) is 2.28. The first-order valence-corrected chi connectivity index (χ1v) is 6.94. The van der Waals surface area contributed by atoms with E-state index in [0.29, 0.717) is 12.3 Å². The molecule has 0 saturated heterocycles. The highest BCUT2D eigenvalue weighted by Gasteiger charge is 2.20. The van der Waals surface area contributed by atoms with Crippen molar-refractivity contribution in [2.45, 2.75) is 51.9 Å². The fourth-order valence-electron chi connectivity index (χ4n) is 2.68. The Labute approximate surface area is 109 Å². The van der Waals surface area contributed by atoms with Gasteiger partial charge in [-0.2, -0.15) is 0 Å². The van der Waals surface area contributed by atoms with Crippen LogP contribution in [0.5, 0.6) is 0 Å². The number of nitrogens with zero attached hydrogens (tertiary/aromatic N) is 1. The van der Waals surface area contributed by atoms with Crippen molar-refractivity contribution < 1.29 is 14.7 Å². The van der Waals surface area contributed by atoms with Gasteiger partial charge in [-0.1, -0.05) is 26.2 Å². The minimum atomic E-state index is -0.828. The Bertz CT molecular complexity index is 285. The van der Waals surface area contributed by atoms with E-state index in [1.807, 2.05) is 14.0 Å². The predicted molar refractivity (Wildman–Crippen MR) is 70.2 cm³/mol. The van der Waals surface area contributed by atoms with Crippen LogP contribution in [0.15, 0.2) is 0 Å². The van der Waals surface area contributed by atoms with Crippen LogP contribution in [-0.2, 0) is 9.59 Å². The Hall–Kier alpha value is -1.06. The lowest BCUT2D eigenvalue weighted by Gasteiger charge is -2.27. The molecule has 1 aliphatic carbocycles. The van der Waals surface area contributed by atoms with Crippen LogP contribution in [0.2, 0.25) is 0 Å². The largest absolute Gasteiger partial charge is 0.481 e. The fourth-order valence-corrected chi connectivity index (χ4v) is 2.68. The van der Waals surface area contributed by atoms with Crippen molar-refractivity contribution in [3.8, 4) is 0 Å². The topological polar surface area (TPSA) is 57.6 Å². The van der Waals surface area contributed by atoms with Gasteiger partial charge in [0.05, 0.1) is 0 Å². The molecular formula is C14H25NO3. The zero-order chi connectivity index (χ0) is 13.5. The van der Waals surface area contributed by atoms with E-state index in [4.69, 9.17) is 5.11 Å². The number of carbonyl (C=O) groups excluding carboxylic acids is 1. The molecule has 18 heavy (non-hydrogen) atoms. The molecule has 1 atom stereocenters. The summed E-state index contributed by atoms with van der Waals surface area (Å²) in [4.78, 5) is 24.3. The molecule has 1 fully saturated rings. The minimum Gasteiger partial charge on any atom is -0.481 e. The molecule has 0 spiro atoms. The van der Waals surface area contributed by atoms with Crippen LogP contribution in [0, 0.1) is 11.8 Å². The molecule has 104 valence electrons. The summed E-state index contributed by atoms with van der Waals surface area (Å²) in [5.41, 5.74) is 0. The van der Waals surface area contributed by atoms with Gasteiger partial charge in [0.25, 0.3) is 0 Å². The third-order valence-corrected chi connectivity index (χ3v) is 3.73. The Kier molecular flexibility index (Phi) is 6.16. The van der Waals surface area contributed by atoms with Gasteiger partial charge in [0.1, 0.15) is 0 Å². The van der Waals surface area contributed by atoms with Crippen molar-refractivity contribution >= 4 is 11.9 Å². The van der Waals surface area contributed by atoms with E-state index in [-0.39, 0.29) is 18.2 Å². The number of hydrogen-bond acceptors (Lipinski definition) is 2. The molecule has 0 aromatic heterocycles. The van der Waals surface area contributed by atoms with Gasteiger partial charge in [0, 0.05) is 26.4 Å². The lowest BCUT2D eigenvalue weighted by Crippen LogP contribution is -2.33. The predicted octanol–water partition coefficient (Wildman–Crippen LogP) is 2.53. The summed E-state index contributed by atoms with van der Waals surface area (Å²) in [5.74, 6) is -0.189. The molecule has 0 bridgehead atoms. The Morgan fingerprint density at radius 3 is 2.39 bits per heavy atom. The molecule has 1 unspecified atom stereocenters. The highest BCUT2D eigenvalue weighted by Crippen LogP contribution is 2.24. The van der Waals surface area contributed by atoms with Crippen molar-refractivity contribution in [2.24, 2.45) is 11.8 Å². The van der Waals surface area contributed by atoms with Gasteiger partial charge in [-0.05, 0) is 24.7 Å². The number of rotatable bonds is 6. The lowest BCUT2D eigenvalue weighted by molar-refractivity contribution is -0.138. The van der Waals surface area contributed by atoms with Crippen molar-refractivity contribution in [1.82, 2.24) is 4.90 Å². The highest BCUT2D eigenvalue weighted by atomic mass is 16.4. The highest BCUT2D eigenvalue weighted by molar-refractivity contribution is 5.77. The first-order chi connectivity index (χ1) is 8.49. The molecule has 4 heteroatoms.